The van der Waals surface area contributed by atoms with E-state index in [1.807, 2.05) is 62.9 Å². The van der Waals surface area contributed by atoms with Gasteiger partial charge < -0.3 is 19.3 Å². The van der Waals surface area contributed by atoms with E-state index in [1.54, 1.807) is 6.07 Å². The summed E-state index contributed by atoms with van der Waals surface area (Å²) < 4.78 is 11.6. The molecule has 2 aromatic carbocycles. The lowest BCUT2D eigenvalue weighted by Gasteiger charge is -2.37. The Bertz CT molecular complexity index is 922. The number of nitro groups is 1. The van der Waals surface area contributed by atoms with Crippen LogP contribution in [0.3, 0.4) is 0 Å². The third kappa shape index (κ3) is 5.45. The predicted molar refractivity (Wildman–Crippen MR) is 119 cm³/mol. The van der Waals surface area contributed by atoms with Crippen molar-refractivity contribution in [3.8, 4) is 11.5 Å². The van der Waals surface area contributed by atoms with Crippen LogP contribution in [0.25, 0.3) is 0 Å². The molecule has 1 fully saturated rings. The molecule has 0 atom stereocenters. The third-order valence-corrected chi connectivity index (χ3v) is 4.89. The Morgan fingerprint density at radius 1 is 0.935 bits per heavy atom. The lowest BCUT2D eigenvalue weighted by Crippen LogP contribution is -2.49. The summed E-state index contributed by atoms with van der Waals surface area (Å²) in [6.07, 6.45) is -0.347. The quantitative estimate of drug-likeness (QED) is 0.488. The van der Waals surface area contributed by atoms with Gasteiger partial charge in [0, 0.05) is 37.8 Å². The summed E-state index contributed by atoms with van der Waals surface area (Å²) in [7, 11) is 0. The molecule has 0 aromatic heterocycles. The molecular formula is C23H29N3O5. The average Bonchev–Trinajstić information content (AvgIpc) is 2.74. The predicted octanol–water partition coefficient (Wildman–Crippen LogP) is 4.13. The second-order valence-electron chi connectivity index (χ2n) is 8.02. The normalized spacial score (nSPS) is 14.1. The summed E-state index contributed by atoms with van der Waals surface area (Å²) in [5.74, 6) is 0.668. The zero-order valence-electron chi connectivity index (χ0n) is 18.4. The standard InChI is InChI=1S/C23H29N3O5/c1-16(2)30-21-15-20(26(28)29)22(31-17(3)4)14-19(21)24-10-12-25(13-11-24)23(27)18-8-6-5-7-9-18/h5-9,14-17H,10-13H2,1-4H3. The van der Waals surface area contributed by atoms with Crippen molar-refractivity contribution in [3.63, 3.8) is 0 Å². The Morgan fingerprint density at radius 2 is 1.52 bits per heavy atom. The van der Waals surface area contributed by atoms with Crippen LogP contribution in [0.1, 0.15) is 38.1 Å². The summed E-state index contributed by atoms with van der Waals surface area (Å²) in [5, 5.41) is 11.6. The van der Waals surface area contributed by atoms with Crippen LogP contribution in [0.2, 0.25) is 0 Å². The number of rotatable bonds is 7. The van der Waals surface area contributed by atoms with Crippen molar-refractivity contribution in [1.82, 2.24) is 4.90 Å². The number of hydrogen-bond donors (Lipinski definition) is 0. The van der Waals surface area contributed by atoms with Crippen LogP contribution in [0.15, 0.2) is 42.5 Å². The molecule has 0 unspecified atom stereocenters. The Kier molecular flexibility index (Phi) is 6.99. The molecule has 166 valence electrons. The largest absolute Gasteiger partial charge is 0.489 e. The monoisotopic (exact) mass is 427 g/mol. The van der Waals surface area contributed by atoms with Gasteiger partial charge in [-0.3, -0.25) is 14.9 Å². The number of nitrogens with zero attached hydrogens (tertiary/aromatic N) is 3. The zero-order valence-corrected chi connectivity index (χ0v) is 18.4. The molecular weight excluding hydrogens is 398 g/mol. The minimum absolute atomic E-state index is 0.00596. The molecule has 0 radical (unpaired) electrons. The molecule has 1 heterocycles. The molecule has 1 aliphatic rings. The van der Waals surface area contributed by atoms with E-state index < -0.39 is 4.92 Å². The highest BCUT2D eigenvalue weighted by molar-refractivity contribution is 5.94. The van der Waals surface area contributed by atoms with Crippen molar-refractivity contribution in [2.45, 2.75) is 39.9 Å². The lowest BCUT2D eigenvalue weighted by molar-refractivity contribution is -0.386. The lowest BCUT2D eigenvalue weighted by atomic mass is 10.1. The first-order valence-electron chi connectivity index (χ1n) is 10.5. The fraction of sp³-hybridized carbons (Fsp3) is 0.435. The Morgan fingerprint density at radius 3 is 2.06 bits per heavy atom. The second-order valence-corrected chi connectivity index (χ2v) is 8.02. The van der Waals surface area contributed by atoms with Gasteiger partial charge in [0.2, 0.25) is 0 Å². The second kappa shape index (κ2) is 9.68. The SMILES string of the molecule is CC(C)Oc1cc([N+](=O)[O-])c(OC(C)C)cc1N1CCN(C(=O)c2ccccc2)CC1. The van der Waals surface area contributed by atoms with Gasteiger partial charge in [-0.15, -0.1) is 0 Å². The highest BCUT2D eigenvalue weighted by Crippen LogP contribution is 2.41. The minimum atomic E-state index is -0.453. The number of piperazine rings is 1. The fourth-order valence-corrected chi connectivity index (χ4v) is 3.54. The smallest absolute Gasteiger partial charge is 0.314 e. The van der Waals surface area contributed by atoms with E-state index in [0.29, 0.717) is 37.5 Å². The van der Waals surface area contributed by atoms with Crippen molar-refractivity contribution in [3.05, 3.63) is 58.1 Å². The molecule has 8 heteroatoms. The first-order valence-corrected chi connectivity index (χ1v) is 10.5. The van der Waals surface area contributed by atoms with Crippen LogP contribution in [0.4, 0.5) is 11.4 Å². The van der Waals surface area contributed by atoms with Crippen molar-refractivity contribution in [2.75, 3.05) is 31.1 Å². The molecule has 0 spiro atoms. The topological polar surface area (TPSA) is 85.2 Å². The number of carbonyl (C=O) groups excluding carboxylic acids is 1. The van der Waals surface area contributed by atoms with Gasteiger partial charge in [0.05, 0.1) is 28.9 Å². The highest BCUT2D eigenvalue weighted by atomic mass is 16.6. The van der Waals surface area contributed by atoms with Crippen LogP contribution in [0.5, 0.6) is 11.5 Å². The Labute approximate surface area is 182 Å². The molecule has 3 rings (SSSR count). The number of carbonyl (C=O) groups is 1. The van der Waals surface area contributed by atoms with Crippen LogP contribution < -0.4 is 14.4 Å². The number of hydrogen-bond acceptors (Lipinski definition) is 6. The van der Waals surface area contributed by atoms with Crippen molar-refractivity contribution in [1.29, 1.82) is 0 Å². The molecule has 1 amide bonds. The van der Waals surface area contributed by atoms with Gasteiger partial charge in [0.1, 0.15) is 5.75 Å². The maximum atomic E-state index is 12.7. The molecule has 0 N–H and O–H groups in total. The van der Waals surface area contributed by atoms with Crippen LogP contribution in [-0.2, 0) is 0 Å². The van der Waals surface area contributed by atoms with E-state index in [9.17, 15) is 14.9 Å². The molecule has 1 aliphatic heterocycles. The van der Waals surface area contributed by atoms with Crippen LogP contribution in [0, 0.1) is 10.1 Å². The number of nitro benzene ring substituents is 1. The maximum absolute atomic E-state index is 12.7. The van der Waals surface area contributed by atoms with Crippen LogP contribution in [-0.4, -0.2) is 54.1 Å². The van der Waals surface area contributed by atoms with Gasteiger partial charge in [-0.05, 0) is 39.8 Å². The van der Waals surface area contributed by atoms with E-state index in [0.717, 1.165) is 5.69 Å². The van der Waals surface area contributed by atoms with E-state index in [-0.39, 0.29) is 29.6 Å². The average molecular weight is 428 g/mol. The molecule has 0 aliphatic carbocycles. The van der Waals surface area contributed by atoms with E-state index >= 15 is 0 Å². The summed E-state index contributed by atoms with van der Waals surface area (Å²) in [4.78, 5) is 27.8. The summed E-state index contributed by atoms with van der Waals surface area (Å²) in [5.41, 5.74) is 1.29. The molecule has 0 bridgehead atoms. The Balaban J connectivity index is 1.85. The fourth-order valence-electron chi connectivity index (χ4n) is 3.54. The summed E-state index contributed by atoms with van der Waals surface area (Å²) in [6.45, 7) is 9.69. The number of benzene rings is 2. The van der Waals surface area contributed by atoms with Gasteiger partial charge >= 0.3 is 5.69 Å². The summed E-state index contributed by atoms with van der Waals surface area (Å²) in [6, 6.07) is 12.3. The van der Waals surface area contributed by atoms with E-state index in [2.05, 4.69) is 4.90 Å². The number of amides is 1. The van der Waals surface area contributed by atoms with Crippen molar-refractivity contribution < 1.29 is 19.2 Å². The summed E-state index contributed by atoms with van der Waals surface area (Å²) >= 11 is 0. The first kappa shape index (κ1) is 22.4. The minimum Gasteiger partial charge on any atom is -0.489 e. The molecule has 31 heavy (non-hydrogen) atoms. The first-order chi connectivity index (χ1) is 14.8. The number of anilines is 1. The van der Waals surface area contributed by atoms with Crippen LogP contribution >= 0.6 is 0 Å². The molecule has 1 saturated heterocycles. The van der Waals surface area contributed by atoms with Crippen molar-refractivity contribution >= 4 is 17.3 Å². The van der Waals surface area contributed by atoms with Gasteiger partial charge in [0.25, 0.3) is 5.91 Å². The van der Waals surface area contributed by atoms with Gasteiger partial charge in [-0.25, -0.2) is 0 Å². The molecule has 2 aromatic rings. The maximum Gasteiger partial charge on any atom is 0.314 e. The van der Waals surface area contributed by atoms with Gasteiger partial charge in [-0.1, -0.05) is 18.2 Å². The highest BCUT2D eigenvalue weighted by Gasteiger charge is 2.28. The van der Waals surface area contributed by atoms with Gasteiger partial charge in [-0.2, -0.15) is 0 Å². The molecule has 8 nitrogen and oxygen atoms in total. The van der Waals surface area contributed by atoms with Crippen molar-refractivity contribution in [2.24, 2.45) is 0 Å². The zero-order chi connectivity index (χ0) is 22.5. The van der Waals surface area contributed by atoms with Gasteiger partial charge in [0.15, 0.2) is 5.75 Å². The number of ether oxygens (including phenoxy) is 2. The van der Waals surface area contributed by atoms with E-state index in [1.165, 1.54) is 6.07 Å². The third-order valence-electron chi connectivity index (χ3n) is 4.89. The van der Waals surface area contributed by atoms with E-state index in [4.69, 9.17) is 9.47 Å². The molecule has 0 saturated carbocycles. The Hall–Kier alpha value is -3.29.